The molecule has 1 aromatic carbocycles. The van der Waals surface area contributed by atoms with Gasteiger partial charge in [0.05, 0.1) is 6.54 Å². The molecule has 0 unspecified atom stereocenters. The van der Waals surface area contributed by atoms with E-state index in [-0.39, 0.29) is 5.78 Å². The largest absolute Gasteiger partial charge is 0.385 e. The number of benzene rings is 1. The summed E-state index contributed by atoms with van der Waals surface area (Å²) in [5.41, 5.74) is 3.05. The van der Waals surface area contributed by atoms with Gasteiger partial charge in [0.2, 0.25) is 0 Å². The van der Waals surface area contributed by atoms with Crippen LogP contribution in [0.4, 0.5) is 0 Å². The van der Waals surface area contributed by atoms with Crippen molar-refractivity contribution in [2.45, 2.75) is 20.3 Å². The van der Waals surface area contributed by atoms with E-state index in [4.69, 9.17) is 4.74 Å². The highest BCUT2D eigenvalue weighted by atomic mass is 16.5. The third kappa shape index (κ3) is 4.67. The van der Waals surface area contributed by atoms with Gasteiger partial charge in [-0.25, -0.2) is 0 Å². The van der Waals surface area contributed by atoms with Crippen LogP contribution in [-0.4, -0.2) is 32.6 Å². The average Bonchev–Trinajstić information content (AvgIpc) is 2.28. The molecule has 1 N–H and O–H groups in total. The second kappa shape index (κ2) is 7.20. The molecule has 0 aliphatic rings. The van der Waals surface area contributed by atoms with Crippen LogP contribution in [0.3, 0.4) is 0 Å². The molecular formula is C14H21NO2. The van der Waals surface area contributed by atoms with Gasteiger partial charge in [0.25, 0.3) is 0 Å². The topological polar surface area (TPSA) is 38.3 Å². The van der Waals surface area contributed by atoms with E-state index in [1.165, 1.54) is 5.56 Å². The number of ketones is 1. The first-order valence-electron chi connectivity index (χ1n) is 5.95. The summed E-state index contributed by atoms with van der Waals surface area (Å²) in [6, 6.07) is 5.92. The first-order valence-corrected chi connectivity index (χ1v) is 5.95. The number of aryl methyl sites for hydroxylation is 2. The van der Waals surface area contributed by atoms with Gasteiger partial charge < -0.3 is 10.1 Å². The lowest BCUT2D eigenvalue weighted by Gasteiger charge is -2.07. The molecule has 0 amide bonds. The molecule has 17 heavy (non-hydrogen) atoms. The lowest BCUT2D eigenvalue weighted by atomic mass is 10.0. The van der Waals surface area contributed by atoms with Crippen LogP contribution in [0.25, 0.3) is 0 Å². The van der Waals surface area contributed by atoms with Gasteiger partial charge in [-0.05, 0) is 32.4 Å². The van der Waals surface area contributed by atoms with Crippen molar-refractivity contribution in [2.24, 2.45) is 0 Å². The van der Waals surface area contributed by atoms with Gasteiger partial charge in [0, 0.05) is 19.3 Å². The summed E-state index contributed by atoms with van der Waals surface area (Å²) in [6.45, 7) is 5.94. The van der Waals surface area contributed by atoms with Crippen molar-refractivity contribution in [1.82, 2.24) is 5.32 Å². The third-order valence-electron chi connectivity index (χ3n) is 2.67. The summed E-state index contributed by atoms with van der Waals surface area (Å²) in [7, 11) is 1.68. The van der Waals surface area contributed by atoms with Gasteiger partial charge in [0.1, 0.15) is 0 Å². The van der Waals surface area contributed by atoms with Crippen molar-refractivity contribution in [2.75, 3.05) is 26.8 Å². The van der Waals surface area contributed by atoms with Gasteiger partial charge in [-0.1, -0.05) is 23.8 Å². The number of ether oxygens (including phenoxy) is 1. The second-order valence-electron chi connectivity index (χ2n) is 4.26. The minimum Gasteiger partial charge on any atom is -0.385 e. The highest BCUT2D eigenvalue weighted by molar-refractivity contribution is 5.98. The van der Waals surface area contributed by atoms with Crippen LogP contribution < -0.4 is 5.32 Å². The predicted molar refractivity (Wildman–Crippen MR) is 69.6 cm³/mol. The van der Waals surface area contributed by atoms with Crippen molar-refractivity contribution < 1.29 is 9.53 Å². The molecule has 94 valence electrons. The van der Waals surface area contributed by atoms with Gasteiger partial charge >= 0.3 is 0 Å². The van der Waals surface area contributed by atoms with Crippen molar-refractivity contribution in [3.63, 3.8) is 0 Å². The Morgan fingerprint density at radius 1 is 1.35 bits per heavy atom. The minimum atomic E-state index is 0.153. The fourth-order valence-corrected chi connectivity index (χ4v) is 1.77. The van der Waals surface area contributed by atoms with E-state index in [1.807, 2.05) is 32.0 Å². The van der Waals surface area contributed by atoms with Crippen molar-refractivity contribution >= 4 is 5.78 Å². The van der Waals surface area contributed by atoms with Crippen LogP contribution >= 0.6 is 0 Å². The first-order chi connectivity index (χ1) is 8.15. The number of rotatable bonds is 7. The van der Waals surface area contributed by atoms with E-state index >= 15 is 0 Å². The summed E-state index contributed by atoms with van der Waals surface area (Å²) >= 11 is 0. The fraction of sp³-hybridized carbons (Fsp3) is 0.500. The van der Waals surface area contributed by atoms with E-state index in [2.05, 4.69) is 5.32 Å². The lowest BCUT2D eigenvalue weighted by molar-refractivity contribution is 0.0989. The van der Waals surface area contributed by atoms with E-state index in [1.54, 1.807) is 7.11 Å². The van der Waals surface area contributed by atoms with Gasteiger partial charge in [0.15, 0.2) is 5.78 Å². The maximum absolute atomic E-state index is 11.9. The molecule has 0 fully saturated rings. The number of carbonyl (C=O) groups excluding carboxylic acids is 1. The number of carbonyl (C=O) groups is 1. The Bertz CT molecular complexity index is 374. The summed E-state index contributed by atoms with van der Waals surface area (Å²) in [4.78, 5) is 11.9. The van der Waals surface area contributed by atoms with Crippen molar-refractivity contribution in [3.8, 4) is 0 Å². The Balaban J connectivity index is 2.42. The van der Waals surface area contributed by atoms with Crippen LogP contribution in [0.15, 0.2) is 18.2 Å². The Morgan fingerprint density at radius 3 is 2.76 bits per heavy atom. The van der Waals surface area contributed by atoms with Crippen molar-refractivity contribution in [1.29, 1.82) is 0 Å². The zero-order chi connectivity index (χ0) is 12.7. The number of Topliss-reactive ketones (excluding diaryl/α,β-unsaturated/α-hetero) is 1. The molecule has 3 heteroatoms. The zero-order valence-corrected chi connectivity index (χ0v) is 10.9. The number of methoxy groups -OCH3 is 1. The summed E-state index contributed by atoms with van der Waals surface area (Å²) in [5.74, 6) is 0.153. The first kappa shape index (κ1) is 13.9. The highest BCUT2D eigenvalue weighted by Gasteiger charge is 2.07. The minimum absolute atomic E-state index is 0.153. The Morgan fingerprint density at radius 2 is 2.12 bits per heavy atom. The van der Waals surface area contributed by atoms with Crippen LogP contribution in [0.2, 0.25) is 0 Å². The predicted octanol–water partition coefficient (Wildman–Crippen LogP) is 2.11. The second-order valence-corrected chi connectivity index (χ2v) is 4.26. The van der Waals surface area contributed by atoms with E-state index in [0.29, 0.717) is 6.54 Å². The van der Waals surface area contributed by atoms with Crippen LogP contribution in [0, 0.1) is 13.8 Å². The standard InChI is InChI=1S/C14H21NO2/c1-11-5-6-13(12(2)9-11)14(16)10-15-7-4-8-17-3/h5-6,9,15H,4,7-8,10H2,1-3H3. The fourth-order valence-electron chi connectivity index (χ4n) is 1.77. The smallest absolute Gasteiger partial charge is 0.176 e. The summed E-state index contributed by atoms with van der Waals surface area (Å²) in [5, 5.41) is 3.13. The van der Waals surface area contributed by atoms with E-state index < -0.39 is 0 Å². The number of nitrogens with one attached hydrogen (secondary N) is 1. The SMILES string of the molecule is COCCCNCC(=O)c1ccc(C)cc1C. The van der Waals surface area contributed by atoms with E-state index in [9.17, 15) is 4.79 Å². The highest BCUT2D eigenvalue weighted by Crippen LogP contribution is 2.10. The Hall–Kier alpha value is -1.19. The number of hydrogen-bond acceptors (Lipinski definition) is 3. The summed E-state index contributed by atoms with van der Waals surface area (Å²) in [6.07, 6.45) is 0.927. The zero-order valence-electron chi connectivity index (χ0n) is 10.9. The maximum Gasteiger partial charge on any atom is 0.176 e. The molecule has 0 saturated carbocycles. The average molecular weight is 235 g/mol. The maximum atomic E-state index is 11.9. The molecule has 0 aromatic heterocycles. The van der Waals surface area contributed by atoms with Gasteiger partial charge in [-0.2, -0.15) is 0 Å². The molecule has 3 nitrogen and oxygen atoms in total. The quantitative estimate of drug-likeness (QED) is 0.581. The molecule has 0 bridgehead atoms. The monoisotopic (exact) mass is 235 g/mol. The van der Waals surface area contributed by atoms with Crippen molar-refractivity contribution in [3.05, 3.63) is 34.9 Å². The lowest BCUT2D eigenvalue weighted by Crippen LogP contribution is -2.25. The van der Waals surface area contributed by atoms with E-state index in [0.717, 1.165) is 30.7 Å². The van der Waals surface area contributed by atoms with Gasteiger partial charge in [-0.15, -0.1) is 0 Å². The molecule has 0 aliphatic heterocycles. The molecule has 0 aliphatic carbocycles. The van der Waals surface area contributed by atoms with Crippen LogP contribution in [0.1, 0.15) is 27.9 Å². The molecule has 0 saturated heterocycles. The molecule has 1 aromatic rings. The van der Waals surface area contributed by atoms with Gasteiger partial charge in [-0.3, -0.25) is 4.79 Å². The molecule has 0 atom stereocenters. The Kier molecular flexibility index (Phi) is 5.87. The summed E-state index contributed by atoms with van der Waals surface area (Å²) < 4.78 is 4.94. The molecule has 1 rings (SSSR count). The van der Waals surface area contributed by atoms with Crippen LogP contribution in [-0.2, 0) is 4.74 Å². The molecular weight excluding hydrogens is 214 g/mol. The van der Waals surface area contributed by atoms with Crippen LogP contribution in [0.5, 0.6) is 0 Å². The molecule has 0 heterocycles. The molecule has 0 radical (unpaired) electrons. The number of hydrogen-bond donors (Lipinski definition) is 1. The molecule has 0 spiro atoms. The third-order valence-corrected chi connectivity index (χ3v) is 2.67. The normalized spacial score (nSPS) is 10.5. The Labute approximate surface area is 103 Å².